The fraction of sp³-hybridized carbons (Fsp3) is 0.143. The first-order valence-corrected chi connectivity index (χ1v) is 5.98. The van der Waals surface area contributed by atoms with E-state index in [9.17, 15) is 0 Å². The van der Waals surface area contributed by atoms with Crippen LogP contribution in [0.1, 0.15) is 11.1 Å². The largest absolute Gasteiger partial charge is 0.158 e. The third-order valence-electron chi connectivity index (χ3n) is 2.26. The molecule has 0 amide bonds. The van der Waals surface area contributed by atoms with Crippen LogP contribution in [0.4, 0.5) is 0 Å². The van der Waals surface area contributed by atoms with Crippen LogP contribution in [-0.2, 0) is 11.8 Å². The van der Waals surface area contributed by atoms with E-state index in [1.54, 1.807) is 0 Å². The molecule has 15 heavy (non-hydrogen) atoms. The first-order valence-electron chi connectivity index (χ1n) is 5.09. The van der Waals surface area contributed by atoms with E-state index in [1.807, 2.05) is 0 Å². The number of hydrogen-bond donors (Lipinski definition) is 0. The highest BCUT2D eigenvalue weighted by Crippen LogP contribution is 2.14. The molecular weight excluding hydrogens is 200 g/mol. The molecule has 2 aromatic carbocycles. The summed E-state index contributed by atoms with van der Waals surface area (Å²) in [6.07, 6.45) is 0. The van der Waals surface area contributed by atoms with Crippen LogP contribution in [0.5, 0.6) is 0 Å². The van der Waals surface area contributed by atoms with Gasteiger partial charge in [-0.15, -0.1) is 0 Å². The minimum Gasteiger partial charge on any atom is -0.0590 e. The Hall–Kier alpha value is -1.21. The second kappa shape index (κ2) is 4.54. The SMILES string of the molecule is Cc1cccc([SH+]c2cccc(C)c2)c1. The van der Waals surface area contributed by atoms with E-state index >= 15 is 0 Å². The van der Waals surface area contributed by atoms with Gasteiger partial charge in [0.05, 0.1) is 0 Å². The summed E-state index contributed by atoms with van der Waals surface area (Å²) in [7, 11) is 0. The van der Waals surface area contributed by atoms with Crippen molar-refractivity contribution in [2.45, 2.75) is 23.6 Å². The van der Waals surface area contributed by atoms with E-state index in [-0.39, 0.29) is 0 Å². The van der Waals surface area contributed by atoms with Gasteiger partial charge in [0.15, 0.2) is 9.79 Å². The van der Waals surface area contributed by atoms with Crippen molar-refractivity contribution in [3.8, 4) is 0 Å². The van der Waals surface area contributed by atoms with E-state index in [2.05, 4.69) is 62.4 Å². The van der Waals surface area contributed by atoms with Crippen LogP contribution in [0.25, 0.3) is 0 Å². The molecule has 76 valence electrons. The van der Waals surface area contributed by atoms with E-state index < -0.39 is 0 Å². The van der Waals surface area contributed by atoms with Gasteiger partial charge in [-0.05, 0) is 49.2 Å². The zero-order valence-corrected chi connectivity index (χ0v) is 9.96. The van der Waals surface area contributed by atoms with Crippen LogP contribution < -0.4 is 0 Å². The lowest BCUT2D eigenvalue weighted by atomic mass is 10.2. The molecule has 0 saturated carbocycles. The van der Waals surface area contributed by atoms with Crippen LogP contribution in [0.3, 0.4) is 0 Å². The standard InChI is InChI=1S/C14H14S/c1-11-5-3-7-13(9-11)15-14-8-4-6-12(2)10-14/h3-10H,1-2H3/p+1. The Balaban J connectivity index is 2.22. The van der Waals surface area contributed by atoms with Gasteiger partial charge in [0.1, 0.15) is 0 Å². The number of aryl methyl sites for hydroxylation is 2. The van der Waals surface area contributed by atoms with Crippen LogP contribution >= 0.6 is 0 Å². The Morgan fingerprint density at radius 1 is 0.733 bits per heavy atom. The molecule has 0 aliphatic heterocycles. The molecule has 0 saturated heterocycles. The lowest BCUT2D eigenvalue weighted by Gasteiger charge is -1.95. The Morgan fingerprint density at radius 2 is 1.20 bits per heavy atom. The predicted octanol–water partition coefficient (Wildman–Crippen LogP) is 3.54. The van der Waals surface area contributed by atoms with Gasteiger partial charge in [-0.2, -0.15) is 0 Å². The minimum absolute atomic E-state index is 1.29. The van der Waals surface area contributed by atoms with Crippen molar-refractivity contribution in [1.29, 1.82) is 0 Å². The van der Waals surface area contributed by atoms with Crippen LogP contribution in [0.2, 0.25) is 0 Å². The average Bonchev–Trinajstić information content (AvgIpc) is 2.17. The minimum atomic E-state index is 1.29. The second-order valence-corrected chi connectivity index (χ2v) is 5.05. The number of rotatable bonds is 2. The van der Waals surface area contributed by atoms with Crippen molar-refractivity contribution < 1.29 is 0 Å². The zero-order valence-electron chi connectivity index (χ0n) is 9.07. The van der Waals surface area contributed by atoms with E-state index in [0.717, 1.165) is 0 Å². The van der Waals surface area contributed by atoms with Crippen molar-refractivity contribution in [1.82, 2.24) is 0 Å². The molecule has 0 spiro atoms. The summed E-state index contributed by atoms with van der Waals surface area (Å²) >= 11 is 1.29. The maximum atomic E-state index is 2.24. The quantitative estimate of drug-likeness (QED) is 0.531. The summed E-state index contributed by atoms with van der Waals surface area (Å²) in [5, 5.41) is 0. The smallest absolute Gasteiger partial charge is 0.0590 e. The van der Waals surface area contributed by atoms with Gasteiger partial charge < -0.3 is 0 Å². The lowest BCUT2D eigenvalue weighted by Crippen LogP contribution is -1.86. The molecule has 0 atom stereocenters. The van der Waals surface area contributed by atoms with Crippen molar-refractivity contribution in [2.75, 3.05) is 0 Å². The fourth-order valence-corrected chi connectivity index (χ4v) is 2.70. The maximum absolute atomic E-state index is 2.24. The Labute approximate surface area is 95.3 Å². The Morgan fingerprint density at radius 3 is 1.60 bits per heavy atom. The topological polar surface area (TPSA) is 0 Å². The zero-order chi connectivity index (χ0) is 10.7. The molecule has 0 unspecified atom stereocenters. The molecule has 2 rings (SSSR count). The van der Waals surface area contributed by atoms with E-state index in [1.165, 1.54) is 32.7 Å². The summed E-state index contributed by atoms with van der Waals surface area (Å²) in [4.78, 5) is 2.72. The molecule has 0 nitrogen and oxygen atoms in total. The highest BCUT2D eigenvalue weighted by Gasteiger charge is 2.06. The molecular formula is C14H15S+. The first-order chi connectivity index (χ1) is 7.24. The molecule has 0 fully saturated rings. The summed E-state index contributed by atoms with van der Waals surface area (Å²) in [6, 6.07) is 17.3. The van der Waals surface area contributed by atoms with Crippen molar-refractivity contribution in [2.24, 2.45) is 0 Å². The molecule has 0 aliphatic rings. The van der Waals surface area contributed by atoms with Crippen molar-refractivity contribution in [3.05, 3.63) is 59.7 Å². The Bertz CT molecular complexity index is 417. The van der Waals surface area contributed by atoms with Crippen LogP contribution in [0.15, 0.2) is 58.3 Å². The van der Waals surface area contributed by atoms with Gasteiger partial charge >= 0.3 is 0 Å². The van der Waals surface area contributed by atoms with E-state index in [4.69, 9.17) is 0 Å². The number of benzene rings is 2. The van der Waals surface area contributed by atoms with Gasteiger partial charge in [-0.1, -0.05) is 24.3 Å². The molecule has 0 radical (unpaired) electrons. The Kier molecular flexibility index (Phi) is 3.12. The maximum Gasteiger partial charge on any atom is 0.158 e. The average molecular weight is 215 g/mol. The number of thiol groups is 1. The summed E-state index contributed by atoms with van der Waals surface area (Å²) in [6.45, 7) is 4.27. The molecule has 2 aromatic rings. The molecule has 1 heteroatoms. The van der Waals surface area contributed by atoms with Gasteiger partial charge in [-0.25, -0.2) is 0 Å². The highest BCUT2D eigenvalue weighted by molar-refractivity contribution is 7.78. The lowest BCUT2D eigenvalue weighted by molar-refractivity contribution is 1.32. The second-order valence-electron chi connectivity index (χ2n) is 3.79. The molecule has 0 aliphatic carbocycles. The molecule has 0 N–H and O–H groups in total. The van der Waals surface area contributed by atoms with Gasteiger partial charge in [0.2, 0.25) is 0 Å². The summed E-state index contributed by atoms with van der Waals surface area (Å²) in [5.41, 5.74) is 2.65. The van der Waals surface area contributed by atoms with Crippen molar-refractivity contribution in [3.63, 3.8) is 0 Å². The fourth-order valence-electron chi connectivity index (χ4n) is 1.54. The van der Waals surface area contributed by atoms with Gasteiger partial charge in [0.25, 0.3) is 0 Å². The van der Waals surface area contributed by atoms with Crippen molar-refractivity contribution >= 4 is 11.8 Å². The number of hydrogen-bond acceptors (Lipinski definition) is 0. The molecule has 0 heterocycles. The summed E-state index contributed by atoms with van der Waals surface area (Å²) in [5.74, 6) is 0. The third kappa shape index (κ3) is 2.87. The van der Waals surface area contributed by atoms with Crippen LogP contribution in [0, 0.1) is 13.8 Å². The molecule has 0 aromatic heterocycles. The normalized spacial score (nSPS) is 10.3. The highest BCUT2D eigenvalue weighted by atomic mass is 32.2. The van der Waals surface area contributed by atoms with Gasteiger partial charge in [0, 0.05) is 11.8 Å². The van der Waals surface area contributed by atoms with Gasteiger partial charge in [-0.3, -0.25) is 0 Å². The first kappa shape index (κ1) is 10.3. The predicted molar refractivity (Wildman–Crippen MR) is 67.7 cm³/mol. The van der Waals surface area contributed by atoms with E-state index in [0.29, 0.717) is 0 Å². The monoisotopic (exact) mass is 215 g/mol. The molecule has 0 bridgehead atoms. The third-order valence-corrected chi connectivity index (χ3v) is 3.33. The summed E-state index contributed by atoms with van der Waals surface area (Å²) < 4.78 is 0. The van der Waals surface area contributed by atoms with Crippen LogP contribution in [-0.4, -0.2) is 0 Å².